The molecule has 27 heavy (non-hydrogen) atoms. The number of para-hydroxylation sites is 1. The standard InChI is InChI=1S/C19H19F2NO4S/c20-16-6-2-1-5-14(16)11-22(15-9-10-27(24,25)13-15)19(23)12-26-18-8-4-3-7-17(18)21/h1-8,15H,9-13H2/t15-/m0/s1. The Morgan fingerprint density at radius 1 is 1.07 bits per heavy atom. The van der Waals surface area contributed by atoms with Gasteiger partial charge in [0.25, 0.3) is 5.91 Å². The summed E-state index contributed by atoms with van der Waals surface area (Å²) in [6, 6.07) is 11.1. The molecule has 0 aromatic heterocycles. The van der Waals surface area contributed by atoms with E-state index in [1.165, 1.54) is 41.3 Å². The van der Waals surface area contributed by atoms with Crippen LogP contribution in [-0.4, -0.2) is 43.4 Å². The third kappa shape index (κ3) is 4.82. The molecule has 5 nitrogen and oxygen atoms in total. The molecule has 0 N–H and O–H groups in total. The monoisotopic (exact) mass is 395 g/mol. The van der Waals surface area contributed by atoms with Crippen LogP contribution in [0.5, 0.6) is 5.75 Å². The number of rotatable bonds is 6. The van der Waals surface area contributed by atoms with E-state index in [1.54, 1.807) is 12.1 Å². The van der Waals surface area contributed by atoms with Crippen LogP contribution in [-0.2, 0) is 21.2 Å². The smallest absolute Gasteiger partial charge is 0.261 e. The van der Waals surface area contributed by atoms with Gasteiger partial charge in [-0.15, -0.1) is 0 Å². The summed E-state index contributed by atoms with van der Waals surface area (Å²) in [4.78, 5) is 14.0. The molecule has 0 saturated carbocycles. The highest BCUT2D eigenvalue weighted by atomic mass is 32.2. The fourth-order valence-electron chi connectivity index (χ4n) is 3.04. The zero-order chi connectivity index (χ0) is 19.4. The van der Waals surface area contributed by atoms with E-state index in [0.29, 0.717) is 0 Å². The van der Waals surface area contributed by atoms with E-state index in [9.17, 15) is 22.0 Å². The molecule has 1 aliphatic rings. The van der Waals surface area contributed by atoms with E-state index >= 15 is 0 Å². The largest absolute Gasteiger partial charge is 0.481 e. The third-order valence-electron chi connectivity index (χ3n) is 4.46. The van der Waals surface area contributed by atoms with Gasteiger partial charge in [0.2, 0.25) is 0 Å². The Morgan fingerprint density at radius 3 is 2.37 bits per heavy atom. The molecule has 1 atom stereocenters. The number of sulfone groups is 1. The Hall–Kier alpha value is -2.48. The zero-order valence-corrected chi connectivity index (χ0v) is 15.3. The van der Waals surface area contributed by atoms with Gasteiger partial charge in [-0.25, -0.2) is 17.2 Å². The second-order valence-corrected chi connectivity index (χ2v) is 8.62. The zero-order valence-electron chi connectivity index (χ0n) is 14.5. The highest BCUT2D eigenvalue weighted by Gasteiger charge is 2.35. The maximum absolute atomic E-state index is 14.0. The summed E-state index contributed by atoms with van der Waals surface area (Å²) in [5, 5.41) is 0. The predicted molar refractivity (Wildman–Crippen MR) is 95.9 cm³/mol. The summed E-state index contributed by atoms with van der Waals surface area (Å²) in [5.41, 5.74) is 0.279. The van der Waals surface area contributed by atoms with Crippen LogP contribution in [0.15, 0.2) is 48.5 Å². The van der Waals surface area contributed by atoms with Crippen LogP contribution in [0.25, 0.3) is 0 Å². The van der Waals surface area contributed by atoms with Crippen molar-refractivity contribution in [3.05, 3.63) is 65.7 Å². The highest BCUT2D eigenvalue weighted by Crippen LogP contribution is 2.22. The molecular weight excluding hydrogens is 376 g/mol. The first-order valence-electron chi connectivity index (χ1n) is 8.46. The fourth-order valence-corrected chi connectivity index (χ4v) is 4.77. The lowest BCUT2D eigenvalue weighted by atomic mass is 10.1. The van der Waals surface area contributed by atoms with Gasteiger partial charge in [-0.1, -0.05) is 30.3 Å². The number of carbonyl (C=O) groups excluding carboxylic acids is 1. The Bertz CT molecular complexity index is 933. The molecule has 0 bridgehead atoms. The van der Waals surface area contributed by atoms with Gasteiger partial charge in [-0.3, -0.25) is 4.79 Å². The second-order valence-electron chi connectivity index (χ2n) is 6.39. The van der Waals surface area contributed by atoms with Crippen molar-refractivity contribution in [2.75, 3.05) is 18.1 Å². The SMILES string of the molecule is O=C(COc1ccccc1F)N(Cc1ccccc1F)[C@H]1CCS(=O)(=O)C1. The maximum atomic E-state index is 14.0. The molecule has 144 valence electrons. The van der Waals surface area contributed by atoms with Crippen LogP contribution in [0.1, 0.15) is 12.0 Å². The van der Waals surface area contributed by atoms with E-state index in [2.05, 4.69) is 0 Å². The van der Waals surface area contributed by atoms with Gasteiger partial charge in [-0.2, -0.15) is 0 Å². The summed E-state index contributed by atoms with van der Waals surface area (Å²) in [7, 11) is -3.24. The van der Waals surface area contributed by atoms with Crippen LogP contribution in [0.2, 0.25) is 0 Å². The normalized spacial score (nSPS) is 18.2. The predicted octanol–water partition coefficient (Wildman–Crippen LogP) is 2.56. The number of carbonyl (C=O) groups is 1. The lowest BCUT2D eigenvalue weighted by Gasteiger charge is -2.28. The molecule has 1 heterocycles. The Morgan fingerprint density at radius 2 is 1.74 bits per heavy atom. The molecule has 1 aliphatic heterocycles. The first-order valence-corrected chi connectivity index (χ1v) is 10.3. The van der Waals surface area contributed by atoms with Gasteiger partial charge >= 0.3 is 0 Å². The maximum Gasteiger partial charge on any atom is 0.261 e. The Balaban J connectivity index is 1.77. The average Bonchev–Trinajstić information content (AvgIpc) is 2.99. The minimum absolute atomic E-state index is 0.0209. The number of amides is 1. The third-order valence-corrected chi connectivity index (χ3v) is 6.21. The number of hydrogen-bond donors (Lipinski definition) is 0. The molecular formula is C19H19F2NO4S. The van der Waals surface area contributed by atoms with E-state index in [-0.39, 0.29) is 35.8 Å². The lowest BCUT2D eigenvalue weighted by molar-refractivity contribution is -0.136. The van der Waals surface area contributed by atoms with Gasteiger partial charge in [0.1, 0.15) is 5.82 Å². The van der Waals surface area contributed by atoms with E-state index < -0.39 is 40.0 Å². The van der Waals surface area contributed by atoms with Crippen molar-refractivity contribution < 1.29 is 26.7 Å². The second kappa shape index (κ2) is 8.04. The molecule has 2 aromatic carbocycles. The number of nitrogens with zero attached hydrogens (tertiary/aromatic N) is 1. The molecule has 1 fully saturated rings. The van der Waals surface area contributed by atoms with Crippen molar-refractivity contribution in [3.63, 3.8) is 0 Å². The summed E-state index contributed by atoms with van der Waals surface area (Å²) < 4.78 is 56.6. The van der Waals surface area contributed by atoms with Crippen molar-refractivity contribution in [2.45, 2.75) is 19.0 Å². The average molecular weight is 395 g/mol. The molecule has 3 rings (SSSR count). The molecule has 1 saturated heterocycles. The van der Waals surface area contributed by atoms with Crippen LogP contribution in [0, 0.1) is 11.6 Å². The van der Waals surface area contributed by atoms with Crippen molar-refractivity contribution in [2.24, 2.45) is 0 Å². The van der Waals surface area contributed by atoms with Crippen molar-refractivity contribution in [3.8, 4) is 5.75 Å². The van der Waals surface area contributed by atoms with Gasteiger partial charge in [0.15, 0.2) is 28.0 Å². The number of benzene rings is 2. The topological polar surface area (TPSA) is 63.7 Å². The molecule has 8 heteroatoms. The van der Waals surface area contributed by atoms with E-state index in [1.807, 2.05) is 0 Å². The number of hydrogen-bond acceptors (Lipinski definition) is 4. The van der Waals surface area contributed by atoms with Gasteiger partial charge < -0.3 is 9.64 Å². The van der Waals surface area contributed by atoms with Gasteiger partial charge in [0, 0.05) is 18.2 Å². The molecule has 1 amide bonds. The van der Waals surface area contributed by atoms with Crippen LogP contribution < -0.4 is 4.74 Å². The first-order chi connectivity index (χ1) is 12.9. The Labute approximate surface area is 156 Å². The molecule has 0 aliphatic carbocycles. The molecule has 0 unspecified atom stereocenters. The van der Waals surface area contributed by atoms with Crippen molar-refractivity contribution in [1.29, 1.82) is 0 Å². The van der Waals surface area contributed by atoms with Crippen LogP contribution in [0.3, 0.4) is 0 Å². The van der Waals surface area contributed by atoms with Crippen molar-refractivity contribution in [1.82, 2.24) is 4.90 Å². The van der Waals surface area contributed by atoms with E-state index in [0.717, 1.165) is 0 Å². The fraction of sp³-hybridized carbons (Fsp3) is 0.316. The highest BCUT2D eigenvalue weighted by molar-refractivity contribution is 7.91. The first kappa shape index (κ1) is 19.3. The summed E-state index contributed by atoms with van der Waals surface area (Å²) in [6.45, 7) is -0.543. The molecule has 0 radical (unpaired) electrons. The molecule has 2 aromatic rings. The minimum atomic E-state index is -3.24. The molecule has 0 spiro atoms. The van der Waals surface area contributed by atoms with Crippen LogP contribution in [0.4, 0.5) is 8.78 Å². The number of ether oxygens (including phenoxy) is 1. The quantitative estimate of drug-likeness (QED) is 0.754. The van der Waals surface area contributed by atoms with Crippen LogP contribution >= 0.6 is 0 Å². The van der Waals surface area contributed by atoms with Gasteiger partial charge in [-0.05, 0) is 24.6 Å². The van der Waals surface area contributed by atoms with Crippen molar-refractivity contribution >= 4 is 15.7 Å². The van der Waals surface area contributed by atoms with Gasteiger partial charge in [0.05, 0.1) is 11.5 Å². The van der Waals surface area contributed by atoms with E-state index in [4.69, 9.17) is 4.74 Å². The Kier molecular flexibility index (Phi) is 5.74. The summed E-state index contributed by atoms with van der Waals surface area (Å²) >= 11 is 0. The lowest BCUT2D eigenvalue weighted by Crippen LogP contribution is -2.43. The number of halogens is 2. The summed E-state index contributed by atoms with van der Waals surface area (Å²) in [5.74, 6) is -1.88. The summed E-state index contributed by atoms with van der Waals surface area (Å²) in [6.07, 6.45) is 0.280. The minimum Gasteiger partial charge on any atom is -0.481 e.